The summed E-state index contributed by atoms with van der Waals surface area (Å²) in [6.45, 7) is 0. The van der Waals surface area contributed by atoms with Gasteiger partial charge in [0.05, 0.1) is 4.58 Å². The fourth-order valence-electron chi connectivity index (χ4n) is 0.812. The van der Waals surface area contributed by atoms with E-state index in [1.165, 1.54) is 5.08 Å². The lowest BCUT2D eigenvalue weighted by Gasteiger charge is -2.36. The molecule has 0 saturated carbocycles. The molecule has 1 aliphatic heterocycles. The predicted octanol–water partition coefficient (Wildman–Crippen LogP) is 3.36. The molecule has 1 heterocycles. The van der Waals surface area contributed by atoms with E-state index in [2.05, 4.69) is 31.5 Å². The van der Waals surface area contributed by atoms with Gasteiger partial charge in [-0.25, -0.2) is 0 Å². The Kier molecular flexibility index (Phi) is 5.94. The zero-order valence-corrected chi connectivity index (χ0v) is 11.8. The molecule has 0 radical (unpaired) electrons. The Balaban J connectivity index is 2.52. The van der Waals surface area contributed by atoms with Gasteiger partial charge in [0.25, 0.3) is 0 Å². The maximum Gasteiger partial charge on any atom is 0.117 e. The van der Waals surface area contributed by atoms with Gasteiger partial charge in [0.2, 0.25) is 0 Å². The van der Waals surface area contributed by atoms with E-state index in [4.69, 9.17) is 0 Å². The molecule has 1 rings (SSSR count). The van der Waals surface area contributed by atoms with Gasteiger partial charge in [0.1, 0.15) is 3.41 Å². The third-order valence-corrected chi connectivity index (χ3v) is 10.3. The van der Waals surface area contributed by atoms with Crippen LogP contribution in [0.15, 0.2) is 0 Å². The molecule has 1 aliphatic rings. The van der Waals surface area contributed by atoms with E-state index in [9.17, 15) is 0 Å². The lowest BCUT2D eigenvalue weighted by atomic mass is 10.9. The average Bonchev–Trinajstić information content (AvgIpc) is 2.18. The highest BCUT2D eigenvalue weighted by molar-refractivity contribution is 8.42. The molecule has 6 heteroatoms. The number of hydrogen-bond donors (Lipinski definition) is 2. The van der Waals surface area contributed by atoms with Crippen molar-refractivity contribution in [1.29, 1.82) is 0 Å². The van der Waals surface area contributed by atoms with Crippen LogP contribution in [0.25, 0.3) is 0 Å². The first-order chi connectivity index (χ1) is 5.76. The van der Waals surface area contributed by atoms with Crippen LogP contribution in [0.4, 0.5) is 0 Å². The summed E-state index contributed by atoms with van der Waals surface area (Å²) in [4.78, 5) is 0. The maximum absolute atomic E-state index is 4.41. The largest absolute Gasteiger partial charge is 0.177 e. The second kappa shape index (κ2) is 5.85. The van der Waals surface area contributed by atoms with Crippen LogP contribution in [0, 0.1) is 0 Å². The first-order valence-electron chi connectivity index (χ1n) is 3.46. The van der Waals surface area contributed by atoms with Crippen LogP contribution < -0.4 is 0 Å². The van der Waals surface area contributed by atoms with Gasteiger partial charge in [-0.2, -0.15) is 25.3 Å². The topological polar surface area (TPSA) is 0 Å². The Morgan fingerprint density at radius 1 is 1.58 bits per heavy atom. The third-order valence-electron chi connectivity index (χ3n) is 1.50. The van der Waals surface area contributed by atoms with Crippen molar-refractivity contribution in [1.82, 2.24) is 0 Å². The summed E-state index contributed by atoms with van der Waals surface area (Å²) >= 11 is 16.7. The second-order valence-electron chi connectivity index (χ2n) is 2.20. The molecule has 72 valence electrons. The number of thiol groups is 2. The molecule has 12 heavy (non-hydrogen) atoms. The molecule has 0 nitrogen and oxygen atoms in total. The van der Waals surface area contributed by atoms with Gasteiger partial charge in [-0.3, -0.25) is 0 Å². The SMILES string of the molecule is CSC1(CS)SCSC(CS)S1. The van der Waals surface area contributed by atoms with Crippen LogP contribution in [0.1, 0.15) is 0 Å². The Hall–Kier alpha value is 2.10. The van der Waals surface area contributed by atoms with Gasteiger partial charge in [-0.05, 0) is 6.26 Å². The number of rotatable bonds is 3. The van der Waals surface area contributed by atoms with Crippen molar-refractivity contribution in [3.8, 4) is 0 Å². The lowest BCUT2D eigenvalue weighted by Crippen LogP contribution is -2.25. The van der Waals surface area contributed by atoms with Crippen LogP contribution in [0.5, 0.6) is 0 Å². The van der Waals surface area contributed by atoms with Gasteiger partial charge < -0.3 is 0 Å². The Labute approximate surface area is 102 Å². The molecular weight excluding hydrogens is 264 g/mol. The lowest BCUT2D eigenvalue weighted by molar-refractivity contribution is 1.32. The smallest absolute Gasteiger partial charge is 0.117 e. The van der Waals surface area contributed by atoms with Crippen LogP contribution in [0.3, 0.4) is 0 Å². The maximum atomic E-state index is 4.41. The third kappa shape index (κ3) is 3.05. The van der Waals surface area contributed by atoms with Crippen LogP contribution in [-0.2, 0) is 0 Å². The van der Waals surface area contributed by atoms with Gasteiger partial charge in [-0.15, -0.1) is 47.0 Å². The molecule has 2 unspecified atom stereocenters. The van der Waals surface area contributed by atoms with Gasteiger partial charge in [0, 0.05) is 16.6 Å². The summed E-state index contributed by atoms with van der Waals surface area (Å²) in [6, 6.07) is 0. The van der Waals surface area contributed by atoms with Crippen molar-refractivity contribution in [2.24, 2.45) is 0 Å². The number of hydrogen-bond acceptors (Lipinski definition) is 6. The first-order valence-corrected chi connectivity index (χ1v) is 8.87. The quantitative estimate of drug-likeness (QED) is 0.758. The standard InChI is InChI=1S/C6H12S6/c1-9-6(3-8)11-4-10-5(2-7)12-6/h5,7-8H,2-4H2,1H3. The molecule has 0 N–H and O–H groups in total. The summed E-state index contributed by atoms with van der Waals surface area (Å²) in [7, 11) is 0. The Bertz CT molecular complexity index is 134. The van der Waals surface area contributed by atoms with Crippen molar-refractivity contribution < 1.29 is 0 Å². The molecule has 1 saturated heterocycles. The van der Waals surface area contributed by atoms with Gasteiger partial charge in [-0.1, -0.05) is 0 Å². The van der Waals surface area contributed by atoms with Crippen molar-refractivity contribution in [3.63, 3.8) is 0 Å². The predicted molar refractivity (Wildman–Crippen MR) is 75.4 cm³/mol. The molecule has 0 aromatic heterocycles. The molecule has 0 aliphatic carbocycles. The molecule has 1 fully saturated rings. The van der Waals surface area contributed by atoms with E-state index in [0.29, 0.717) is 4.58 Å². The Morgan fingerprint density at radius 2 is 2.33 bits per heavy atom. The van der Waals surface area contributed by atoms with Crippen molar-refractivity contribution in [2.45, 2.75) is 7.99 Å². The van der Waals surface area contributed by atoms with E-state index in [1.54, 1.807) is 0 Å². The van der Waals surface area contributed by atoms with Gasteiger partial charge >= 0.3 is 0 Å². The summed E-state index contributed by atoms with van der Waals surface area (Å²) in [5, 5.41) is 1.18. The highest BCUT2D eigenvalue weighted by atomic mass is 32.3. The van der Waals surface area contributed by atoms with Crippen LogP contribution >= 0.6 is 72.3 Å². The normalized spacial score (nSPS) is 36.8. The van der Waals surface area contributed by atoms with E-state index < -0.39 is 0 Å². The van der Waals surface area contributed by atoms with Crippen molar-refractivity contribution in [2.75, 3.05) is 22.8 Å². The molecule has 0 amide bonds. The zero-order valence-electron chi connectivity index (χ0n) is 6.73. The zero-order chi connectivity index (χ0) is 9.03. The van der Waals surface area contributed by atoms with Crippen LogP contribution in [0.2, 0.25) is 0 Å². The molecular formula is C6H12S6. The van der Waals surface area contributed by atoms with E-state index >= 15 is 0 Å². The fraction of sp³-hybridized carbons (Fsp3) is 1.00. The second-order valence-corrected chi connectivity index (χ2v) is 9.40. The molecule has 0 bridgehead atoms. The molecule has 0 spiro atoms. The monoisotopic (exact) mass is 276 g/mol. The molecule has 0 aromatic rings. The summed E-state index contributed by atoms with van der Waals surface area (Å²) in [5.74, 6) is 1.90. The minimum atomic E-state index is 0.280. The van der Waals surface area contributed by atoms with E-state index in [-0.39, 0.29) is 3.41 Å². The van der Waals surface area contributed by atoms with Crippen LogP contribution in [-0.4, -0.2) is 30.8 Å². The summed E-state index contributed by atoms with van der Waals surface area (Å²) < 4.78 is 0.927. The first kappa shape index (κ1) is 12.2. The average molecular weight is 277 g/mol. The highest BCUT2D eigenvalue weighted by Gasteiger charge is 2.36. The fourth-order valence-corrected chi connectivity index (χ4v) is 9.03. The van der Waals surface area contributed by atoms with E-state index in [1.807, 2.05) is 47.0 Å². The minimum Gasteiger partial charge on any atom is -0.177 e. The van der Waals surface area contributed by atoms with E-state index in [0.717, 1.165) is 11.5 Å². The van der Waals surface area contributed by atoms with Crippen molar-refractivity contribution in [3.05, 3.63) is 0 Å². The van der Waals surface area contributed by atoms with Crippen molar-refractivity contribution >= 4 is 72.3 Å². The molecule has 2 atom stereocenters. The summed E-state index contributed by atoms with van der Waals surface area (Å²) in [6.07, 6.45) is 2.17. The Morgan fingerprint density at radius 3 is 2.83 bits per heavy atom. The highest BCUT2D eigenvalue weighted by Crippen LogP contribution is 2.55. The summed E-state index contributed by atoms with van der Waals surface area (Å²) in [5.41, 5.74) is 0. The number of thioether (sulfide) groups is 4. The molecule has 0 aromatic carbocycles. The van der Waals surface area contributed by atoms with Gasteiger partial charge in [0.15, 0.2) is 0 Å². The minimum absolute atomic E-state index is 0.280.